The number of esters is 1. The summed E-state index contributed by atoms with van der Waals surface area (Å²) in [7, 11) is 0. The van der Waals surface area contributed by atoms with E-state index in [9.17, 15) is 4.79 Å². The molecule has 0 saturated carbocycles. The molecule has 0 aliphatic rings. The summed E-state index contributed by atoms with van der Waals surface area (Å²) in [5.74, 6) is -0.361. The number of hydrogen-bond donors (Lipinski definition) is 1. The van der Waals surface area contributed by atoms with Gasteiger partial charge in [-0.2, -0.15) is 0 Å². The molecule has 1 heterocycles. The number of aromatic nitrogens is 2. The first-order chi connectivity index (χ1) is 7.00. The molecule has 1 atom stereocenters. The van der Waals surface area contributed by atoms with Gasteiger partial charge < -0.3 is 10.1 Å². The Morgan fingerprint density at radius 2 is 2.27 bits per heavy atom. The van der Waals surface area contributed by atoms with E-state index < -0.39 is 6.23 Å². The lowest BCUT2D eigenvalue weighted by Crippen LogP contribution is -2.22. The van der Waals surface area contributed by atoms with Crippen molar-refractivity contribution >= 4 is 23.3 Å². The van der Waals surface area contributed by atoms with E-state index in [0.29, 0.717) is 16.5 Å². The van der Waals surface area contributed by atoms with Crippen molar-refractivity contribution in [1.29, 1.82) is 0 Å². The molecule has 6 heteroatoms. The first-order valence-corrected chi connectivity index (χ1v) is 4.79. The molecule has 0 fully saturated rings. The van der Waals surface area contributed by atoms with E-state index in [1.807, 2.05) is 0 Å². The minimum absolute atomic E-state index is 0.307. The third-order valence-electron chi connectivity index (χ3n) is 1.68. The number of anilines is 1. The molecule has 0 saturated heterocycles. The third kappa shape index (κ3) is 3.36. The molecule has 0 spiro atoms. The zero-order chi connectivity index (χ0) is 11.4. The van der Waals surface area contributed by atoms with E-state index in [4.69, 9.17) is 16.3 Å². The van der Waals surface area contributed by atoms with Crippen LogP contribution in [0, 0.1) is 6.92 Å². The molecule has 1 unspecified atom stereocenters. The summed E-state index contributed by atoms with van der Waals surface area (Å²) >= 11 is 5.86. The molecule has 1 rings (SSSR count). The zero-order valence-electron chi connectivity index (χ0n) is 8.74. The molecule has 5 nitrogen and oxygen atoms in total. The van der Waals surface area contributed by atoms with E-state index in [1.165, 1.54) is 13.3 Å². The average Bonchev–Trinajstić information content (AvgIpc) is 2.10. The van der Waals surface area contributed by atoms with E-state index in [-0.39, 0.29) is 5.97 Å². The fourth-order valence-electron chi connectivity index (χ4n) is 1.09. The van der Waals surface area contributed by atoms with E-state index in [1.54, 1.807) is 13.8 Å². The Morgan fingerprint density at radius 3 is 2.80 bits per heavy atom. The average molecular weight is 230 g/mol. The van der Waals surface area contributed by atoms with Crippen LogP contribution in [0.4, 0.5) is 5.69 Å². The van der Waals surface area contributed by atoms with Crippen LogP contribution in [0.25, 0.3) is 0 Å². The van der Waals surface area contributed by atoms with E-state index >= 15 is 0 Å². The van der Waals surface area contributed by atoms with Crippen molar-refractivity contribution < 1.29 is 9.53 Å². The summed E-state index contributed by atoms with van der Waals surface area (Å²) in [6, 6.07) is 0. The molecule has 0 aliphatic carbocycles. The Kier molecular flexibility index (Phi) is 3.85. The van der Waals surface area contributed by atoms with Gasteiger partial charge in [0, 0.05) is 6.92 Å². The highest BCUT2D eigenvalue weighted by Gasteiger charge is 2.11. The second kappa shape index (κ2) is 4.93. The number of aryl methyl sites for hydroxylation is 1. The Hall–Kier alpha value is -1.36. The van der Waals surface area contributed by atoms with Crippen LogP contribution in [0.2, 0.25) is 5.15 Å². The normalized spacial score (nSPS) is 12.0. The number of halogens is 1. The Labute approximate surface area is 92.8 Å². The predicted molar refractivity (Wildman–Crippen MR) is 56.6 cm³/mol. The van der Waals surface area contributed by atoms with Gasteiger partial charge in [0.15, 0.2) is 11.4 Å². The molecule has 0 amide bonds. The molecule has 1 aromatic heterocycles. The maximum atomic E-state index is 10.7. The third-order valence-corrected chi connectivity index (χ3v) is 1.97. The van der Waals surface area contributed by atoms with Crippen molar-refractivity contribution in [2.45, 2.75) is 27.0 Å². The van der Waals surface area contributed by atoms with Gasteiger partial charge in [0.1, 0.15) is 6.33 Å². The van der Waals surface area contributed by atoms with Crippen molar-refractivity contribution in [2.75, 3.05) is 5.32 Å². The summed E-state index contributed by atoms with van der Waals surface area (Å²) in [6.07, 6.45) is 0.906. The number of carbonyl (C=O) groups is 1. The standard InChI is InChI=1S/C9H12ClN3O2/c1-5-8(9(10)12-4-11-5)13-6(2)15-7(3)14/h4,6,13H,1-3H3. The maximum absolute atomic E-state index is 10.7. The van der Waals surface area contributed by atoms with Crippen molar-refractivity contribution in [1.82, 2.24) is 9.97 Å². The van der Waals surface area contributed by atoms with E-state index in [0.717, 1.165) is 0 Å². The lowest BCUT2D eigenvalue weighted by molar-refractivity contribution is -0.144. The minimum Gasteiger partial charge on any atom is -0.442 e. The minimum atomic E-state index is -0.468. The van der Waals surface area contributed by atoms with Gasteiger partial charge in [-0.25, -0.2) is 9.97 Å². The molecular formula is C9H12ClN3O2. The molecule has 1 N–H and O–H groups in total. The summed E-state index contributed by atoms with van der Waals surface area (Å²) in [4.78, 5) is 18.5. The Bertz CT molecular complexity index is 350. The maximum Gasteiger partial charge on any atom is 0.304 e. The molecule has 0 aliphatic heterocycles. The van der Waals surface area contributed by atoms with Gasteiger partial charge in [0.05, 0.1) is 11.4 Å². The molecule has 1 aromatic rings. The number of nitrogens with zero attached hydrogens (tertiary/aromatic N) is 2. The largest absolute Gasteiger partial charge is 0.442 e. The van der Waals surface area contributed by atoms with Gasteiger partial charge >= 0.3 is 5.97 Å². The lowest BCUT2D eigenvalue weighted by atomic mass is 10.3. The highest BCUT2D eigenvalue weighted by atomic mass is 35.5. The second-order valence-electron chi connectivity index (χ2n) is 3.02. The van der Waals surface area contributed by atoms with Gasteiger partial charge in [-0.15, -0.1) is 0 Å². The van der Waals surface area contributed by atoms with Crippen molar-refractivity contribution in [3.63, 3.8) is 0 Å². The van der Waals surface area contributed by atoms with Crippen LogP contribution in [0.3, 0.4) is 0 Å². The molecule has 82 valence electrons. The van der Waals surface area contributed by atoms with Crippen LogP contribution in [-0.4, -0.2) is 22.2 Å². The van der Waals surface area contributed by atoms with Crippen LogP contribution in [0.5, 0.6) is 0 Å². The Morgan fingerprint density at radius 1 is 1.60 bits per heavy atom. The number of carbonyl (C=O) groups excluding carboxylic acids is 1. The fraction of sp³-hybridized carbons (Fsp3) is 0.444. The van der Waals surface area contributed by atoms with E-state index in [2.05, 4.69) is 15.3 Å². The lowest BCUT2D eigenvalue weighted by Gasteiger charge is -2.16. The molecular weight excluding hydrogens is 218 g/mol. The van der Waals surface area contributed by atoms with Crippen molar-refractivity contribution in [3.8, 4) is 0 Å². The summed E-state index contributed by atoms with van der Waals surface area (Å²) in [5.41, 5.74) is 1.28. The number of nitrogens with one attached hydrogen (secondary N) is 1. The highest BCUT2D eigenvalue weighted by Crippen LogP contribution is 2.21. The summed E-state index contributed by atoms with van der Waals surface area (Å²) < 4.78 is 4.90. The molecule has 15 heavy (non-hydrogen) atoms. The van der Waals surface area contributed by atoms with Gasteiger partial charge in [-0.05, 0) is 13.8 Å². The number of hydrogen-bond acceptors (Lipinski definition) is 5. The number of rotatable bonds is 3. The van der Waals surface area contributed by atoms with Crippen molar-refractivity contribution in [3.05, 3.63) is 17.2 Å². The molecule has 0 bridgehead atoms. The fourth-order valence-corrected chi connectivity index (χ4v) is 1.33. The zero-order valence-corrected chi connectivity index (χ0v) is 9.50. The van der Waals surface area contributed by atoms with Crippen LogP contribution >= 0.6 is 11.6 Å². The smallest absolute Gasteiger partial charge is 0.304 e. The monoisotopic (exact) mass is 229 g/mol. The summed E-state index contributed by atoms with van der Waals surface area (Å²) in [5, 5.41) is 3.22. The SMILES string of the molecule is CC(=O)OC(C)Nc1c(C)ncnc1Cl. The predicted octanol–water partition coefficient (Wildman–Crippen LogP) is 1.76. The second-order valence-corrected chi connectivity index (χ2v) is 3.38. The highest BCUT2D eigenvalue weighted by molar-refractivity contribution is 6.32. The number of ether oxygens (including phenoxy) is 1. The first-order valence-electron chi connectivity index (χ1n) is 4.41. The van der Waals surface area contributed by atoms with Crippen LogP contribution in [0.15, 0.2) is 6.33 Å². The summed E-state index contributed by atoms with van der Waals surface area (Å²) in [6.45, 7) is 4.83. The molecule has 0 aromatic carbocycles. The van der Waals surface area contributed by atoms with Crippen molar-refractivity contribution in [2.24, 2.45) is 0 Å². The van der Waals surface area contributed by atoms with Gasteiger partial charge in [-0.1, -0.05) is 11.6 Å². The van der Waals surface area contributed by atoms with Crippen LogP contribution < -0.4 is 5.32 Å². The van der Waals surface area contributed by atoms with Gasteiger partial charge in [-0.3, -0.25) is 4.79 Å². The van der Waals surface area contributed by atoms with Gasteiger partial charge in [0.25, 0.3) is 0 Å². The van der Waals surface area contributed by atoms with Crippen LogP contribution in [0.1, 0.15) is 19.5 Å². The topological polar surface area (TPSA) is 64.1 Å². The first kappa shape index (κ1) is 11.7. The quantitative estimate of drug-likeness (QED) is 0.486. The Balaban J connectivity index is 2.76. The van der Waals surface area contributed by atoms with Gasteiger partial charge in [0.2, 0.25) is 0 Å². The molecule has 0 radical (unpaired) electrons. The van der Waals surface area contributed by atoms with Crippen LogP contribution in [-0.2, 0) is 9.53 Å².